The molecular formula is C19H23NO3. The zero-order chi connectivity index (χ0) is 16.7. The summed E-state index contributed by atoms with van der Waals surface area (Å²) in [6, 6.07) is 18.5. The van der Waals surface area contributed by atoms with E-state index in [-0.39, 0.29) is 0 Å². The van der Waals surface area contributed by atoms with Crippen LogP contribution in [-0.2, 0) is 17.9 Å². The van der Waals surface area contributed by atoms with E-state index in [0.29, 0.717) is 19.5 Å². The number of rotatable bonds is 8. The highest BCUT2D eigenvalue weighted by molar-refractivity contribution is 5.74. The summed E-state index contributed by atoms with van der Waals surface area (Å²) in [6.45, 7) is 2.75. The van der Waals surface area contributed by atoms with Gasteiger partial charge in [0.15, 0.2) is 0 Å². The first-order chi connectivity index (χ1) is 11.1. The molecule has 0 amide bonds. The molecule has 2 rings (SSSR count). The molecule has 0 radical (unpaired) electrons. The van der Waals surface area contributed by atoms with Gasteiger partial charge in [0.05, 0.1) is 6.10 Å². The first-order valence-corrected chi connectivity index (χ1v) is 7.84. The van der Waals surface area contributed by atoms with Crippen LogP contribution >= 0.6 is 0 Å². The number of carbonyl (C=O) groups is 1. The van der Waals surface area contributed by atoms with Crippen LogP contribution in [0.3, 0.4) is 0 Å². The zero-order valence-corrected chi connectivity index (χ0v) is 13.3. The minimum Gasteiger partial charge on any atom is -0.480 e. The van der Waals surface area contributed by atoms with E-state index in [1.165, 1.54) is 0 Å². The van der Waals surface area contributed by atoms with Gasteiger partial charge in [-0.2, -0.15) is 0 Å². The van der Waals surface area contributed by atoms with Crippen molar-refractivity contribution in [3.8, 4) is 0 Å². The molecule has 2 aromatic rings. The maximum Gasteiger partial charge on any atom is 0.323 e. The summed E-state index contributed by atoms with van der Waals surface area (Å²) in [7, 11) is 0. The zero-order valence-electron chi connectivity index (χ0n) is 13.3. The molecule has 4 nitrogen and oxygen atoms in total. The number of aliphatic hydroxyl groups is 1. The molecule has 0 fully saturated rings. The molecule has 2 atom stereocenters. The fourth-order valence-corrected chi connectivity index (χ4v) is 2.68. The van der Waals surface area contributed by atoms with Crippen molar-refractivity contribution in [3.05, 3.63) is 71.8 Å². The fraction of sp³-hybridized carbons (Fsp3) is 0.316. The van der Waals surface area contributed by atoms with Gasteiger partial charge in [-0.1, -0.05) is 67.6 Å². The van der Waals surface area contributed by atoms with Crippen LogP contribution < -0.4 is 0 Å². The van der Waals surface area contributed by atoms with Gasteiger partial charge in [-0.15, -0.1) is 0 Å². The number of hydrogen-bond acceptors (Lipinski definition) is 3. The van der Waals surface area contributed by atoms with Crippen molar-refractivity contribution in [2.45, 2.75) is 38.6 Å². The van der Waals surface area contributed by atoms with E-state index in [1.807, 2.05) is 65.6 Å². The number of hydrogen-bond donors (Lipinski definition) is 2. The van der Waals surface area contributed by atoms with E-state index in [0.717, 1.165) is 11.1 Å². The lowest BCUT2D eigenvalue weighted by Gasteiger charge is -2.31. The number of nitrogens with zero attached hydrogens (tertiary/aromatic N) is 1. The highest BCUT2D eigenvalue weighted by atomic mass is 16.4. The molecule has 2 aromatic carbocycles. The molecule has 0 saturated heterocycles. The Bertz CT molecular complexity index is 559. The lowest BCUT2D eigenvalue weighted by Crippen LogP contribution is -2.48. The topological polar surface area (TPSA) is 60.8 Å². The molecular weight excluding hydrogens is 290 g/mol. The molecule has 0 aromatic heterocycles. The van der Waals surface area contributed by atoms with Gasteiger partial charge in [-0.3, -0.25) is 9.69 Å². The first kappa shape index (κ1) is 17.2. The SMILES string of the molecule is CC[C@@H](O)[C@H](C(=O)O)N(Cc1ccccc1)Cc1ccccc1. The Morgan fingerprint density at radius 1 is 0.957 bits per heavy atom. The number of benzene rings is 2. The fourth-order valence-electron chi connectivity index (χ4n) is 2.68. The first-order valence-electron chi connectivity index (χ1n) is 7.84. The van der Waals surface area contributed by atoms with Crippen LogP contribution in [0.15, 0.2) is 60.7 Å². The number of carboxylic acid groups (broad SMARTS) is 1. The standard InChI is InChI=1S/C19H23NO3/c1-2-17(21)18(19(22)23)20(13-15-9-5-3-6-10-15)14-16-11-7-4-8-12-16/h3-12,17-18,21H,2,13-14H2,1H3,(H,22,23)/t17-,18-/m1/s1. The largest absolute Gasteiger partial charge is 0.480 e. The summed E-state index contributed by atoms with van der Waals surface area (Å²) in [6.07, 6.45) is -0.503. The van der Waals surface area contributed by atoms with Crippen molar-refractivity contribution < 1.29 is 15.0 Å². The third-order valence-corrected chi connectivity index (χ3v) is 3.89. The predicted octanol–water partition coefficient (Wildman–Crippen LogP) is 2.91. The van der Waals surface area contributed by atoms with Gasteiger partial charge in [0.1, 0.15) is 6.04 Å². The van der Waals surface area contributed by atoms with Gasteiger partial charge >= 0.3 is 5.97 Å². The van der Waals surface area contributed by atoms with Gasteiger partial charge < -0.3 is 10.2 Å². The molecule has 2 N–H and O–H groups in total. The Balaban J connectivity index is 2.27. The average Bonchev–Trinajstić information content (AvgIpc) is 2.56. The molecule has 122 valence electrons. The highest BCUT2D eigenvalue weighted by Gasteiger charge is 2.31. The number of carboxylic acids is 1. The Morgan fingerprint density at radius 2 is 1.39 bits per heavy atom. The maximum absolute atomic E-state index is 11.7. The number of aliphatic carboxylic acids is 1. The van der Waals surface area contributed by atoms with E-state index in [1.54, 1.807) is 6.92 Å². The van der Waals surface area contributed by atoms with Crippen molar-refractivity contribution in [2.75, 3.05) is 0 Å². The van der Waals surface area contributed by atoms with Gasteiger partial charge in [-0.25, -0.2) is 0 Å². The third-order valence-electron chi connectivity index (χ3n) is 3.89. The summed E-state index contributed by atoms with van der Waals surface area (Å²) in [5, 5.41) is 19.8. The van der Waals surface area contributed by atoms with Gasteiger partial charge in [0, 0.05) is 13.1 Å². The normalized spacial score (nSPS) is 13.7. The number of aliphatic hydroxyl groups excluding tert-OH is 1. The van der Waals surface area contributed by atoms with Crippen molar-refractivity contribution in [1.82, 2.24) is 4.90 Å². The van der Waals surface area contributed by atoms with Crippen LogP contribution in [0.1, 0.15) is 24.5 Å². The Labute approximate surface area is 137 Å². The lowest BCUT2D eigenvalue weighted by atomic mass is 10.0. The van der Waals surface area contributed by atoms with Crippen LogP contribution in [0.25, 0.3) is 0 Å². The molecule has 0 spiro atoms. The van der Waals surface area contributed by atoms with Gasteiger partial charge in [0.25, 0.3) is 0 Å². The third kappa shape index (κ3) is 4.91. The molecule has 0 aliphatic heterocycles. The lowest BCUT2D eigenvalue weighted by molar-refractivity contribution is -0.148. The van der Waals surface area contributed by atoms with Crippen molar-refractivity contribution >= 4 is 5.97 Å². The van der Waals surface area contributed by atoms with E-state index in [2.05, 4.69) is 0 Å². The van der Waals surface area contributed by atoms with E-state index >= 15 is 0 Å². The van der Waals surface area contributed by atoms with Crippen molar-refractivity contribution in [1.29, 1.82) is 0 Å². The summed E-state index contributed by atoms with van der Waals surface area (Å²) in [5.41, 5.74) is 2.05. The van der Waals surface area contributed by atoms with Crippen LogP contribution in [0.5, 0.6) is 0 Å². The minimum atomic E-state index is -0.994. The summed E-state index contributed by atoms with van der Waals surface area (Å²) < 4.78 is 0. The van der Waals surface area contributed by atoms with Crippen LogP contribution in [0, 0.1) is 0 Å². The van der Waals surface area contributed by atoms with E-state index in [9.17, 15) is 15.0 Å². The van der Waals surface area contributed by atoms with Gasteiger partial charge in [0.2, 0.25) is 0 Å². The quantitative estimate of drug-likeness (QED) is 0.786. The highest BCUT2D eigenvalue weighted by Crippen LogP contribution is 2.17. The molecule has 0 unspecified atom stereocenters. The summed E-state index contributed by atoms with van der Waals surface area (Å²) in [4.78, 5) is 13.5. The maximum atomic E-state index is 11.7. The predicted molar refractivity (Wildman–Crippen MR) is 89.9 cm³/mol. The van der Waals surface area contributed by atoms with Gasteiger partial charge in [-0.05, 0) is 17.5 Å². The molecule has 4 heteroatoms. The van der Waals surface area contributed by atoms with E-state index in [4.69, 9.17) is 0 Å². The second-order valence-corrected chi connectivity index (χ2v) is 5.63. The average molecular weight is 313 g/mol. The monoisotopic (exact) mass is 313 g/mol. The molecule has 0 aliphatic carbocycles. The molecule has 0 heterocycles. The molecule has 23 heavy (non-hydrogen) atoms. The van der Waals surface area contributed by atoms with Crippen LogP contribution in [0.4, 0.5) is 0 Å². The Kier molecular flexibility index (Phi) is 6.32. The summed E-state index contributed by atoms with van der Waals surface area (Å²) >= 11 is 0. The van der Waals surface area contributed by atoms with Crippen molar-refractivity contribution in [2.24, 2.45) is 0 Å². The molecule has 0 saturated carbocycles. The summed E-state index contributed by atoms with van der Waals surface area (Å²) in [5.74, 6) is -0.994. The molecule has 0 aliphatic rings. The Morgan fingerprint density at radius 3 is 1.74 bits per heavy atom. The second kappa shape index (κ2) is 8.46. The minimum absolute atomic E-state index is 0.400. The van der Waals surface area contributed by atoms with Crippen molar-refractivity contribution in [3.63, 3.8) is 0 Å². The van der Waals surface area contributed by atoms with E-state index < -0.39 is 18.1 Å². The molecule has 0 bridgehead atoms. The second-order valence-electron chi connectivity index (χ2n) is 5.63. The van der Waals surface area contributed by atoms with Crippen LogP contribution in [-0.4, -0.2) is 33.2 Å². The smallest absolute Gasteiger partial charge is 0.323 e. The Hall–Kier alpha value is -2.17. The van der Waals surface area contributed by atoms with Crippen LogP contribution in [0.2, 0.25) is 0 Å².